The van der Waals surface area contributed by atoms with Gasteiger partial charge in [0, 0.05) is 11.1 Å². The number of aryl methyl sites for hydroxylation is 2. The molecule has 4 rings (SSSR count). The summed E-state index contributed by atoms with van der Waals surface area (Å²) >= 11 is 1.37. The third-order valence-corrected chi connectivity index (χ3v) is 5.13. The molecule has 1 aromatic carbocycles. The monoisotopic (exact) mass is 349 g/mol. The van der Waals surface area contributed by atoms with Crippen molar-refractivity contribution in [1.82, 2.24) is 9.97 Å². The van der Waals surface area contributed by atoms with Gasteiger partial charge < -0.3 is 9.73 Å². The zero-order valence-electron chi connectivity index (χ0n) is 13.7. The number of thiophene rings is 1. The molecule has 0 aliphatic heterocycles. The minimum Gasteiger partial charge on any atom is -0.461 e. The molecule has 0 aliphatic carbocycles. The fourth-order valence-corrected chi connectivity index (χ4v) is 3.91. The van der Waals surface area contributed by atoms with E-state index in [-0.39, 0.29) is 5.91 Å². The van der Waals surface area contributed by atoms with Gasteiger partial charge in [-0.2, -0.15) is 0 Å². The summed E-state index contributed by atoms with van der Waals surface area (Å²) in [4.78, 5) is 23.2. The molecule has 3 aromatic heterocycles. The molecular weight excluding hydrogens is 334 g/mol. The summed E-state index contributed by atoms with van der Waals surface area (Å²) in [5, 5.41) is 3.86. The molecule has 1 amide bonds. The highest BCUT2D eigenvalue weighted by Gasteiger charge is 2.20. The van der Waals surface area contributed by atoms with E-state index in [4.69, 9.17) is 4.42 Å². The standard InChI is InChI=1S/C19H15N3O2S/c1-11-15-12(2)20-17(14-9-6-10-24-14)22-19(15)25-16(11)18(23)21-13-7-4-3-5-8-13/h3-10H,1-2H3,(H,21,23). The van der Waals surface area contributed by atoms with Crippen LogP contribution in [0, 0.1) is 13.8 Å². The second kappa shape index (κ2) is 6.14. The molecule has 4 aromatic rings. The van der Waals surface area contributed by atoms with Crippen LogP contribution in [0.15, 0.2) is 53.1 Å². The number of aromatic nitrogens is 2. The maximum Gasteiger partial charge on any atom is 0.266 e. The van der Waals surface area contributed by atoms with Gasteiger partial charge in [0.05, 0.1) is 16.8 Å². The second-order valence-electron chi connectivity index (χ2n) is 5.67. The second-order valence-corrected chi connectivity index (χ2v) is 6.67. The predicted molar refractivity (Wildman–Crippen MR) is 99.0 cm³/mol. The van der Waals surface area contributed by atoms with Gasteiger partial charge in [0.15, 0.2) is 11.6 Å². The number of nitrogens with zero attached hydrogens (tertiary/aromatic N) is 2. The molecule has 1 N–H and O–H groups in total. The Hall–Kier alpha value is -2.99. The normalized spacial score (nSPS) is 11.0. The molecule has 0 aliphatic rings. The fraction of sp³-hybridized carbons (Fsp3) is 0.105. The number of hydrogen-bond acceptors (Lipinski definition) is 5. The Balaban J connectivity index is 1.77. The SMILES string of the molecule is Cc1nc(-c2ccco2)nc2sc(C(=O)Nc3ccccc3)c(C)c12. The van der Waals surface area contributed by atoms with Crippen LogP contribution >= 0.6 is 11.3 Å². The fourth-order valence-electron chi connectivity index (χ4n) is 2.78. The lowest BCUT2D eigenvalue weighted by atomic mass is 10.1. The minimum atomic E-state index is -0.134. The van der Waals surface area contributed by atoms with Crippen molar-refractivity contribution >= 4 is 33.1 Å². The maximum absolute atomic E-state index is 12.7. The van der Waals surface area contributed by atoms with Crippen LogP contribution in [0.1, 0.15) is 20.9 Å². The van der Waals surface area contributed by atoms with Crippen LogP contribution in [0.4, 0.5) is 5.69 Å². The predicted octanol–water partition coefficient (Wildman–Crippen LogP) is 4.82. The number of amides is 1. The highest BCUT2D eigenvalue weighted by Crippen LogP contribution is 2.33. The number of anilines is 1. The van der Waals surface area contributed by atoms with Crippen molar-refractivity contribution in [2.45, 2.75) is 13.8 Å². The van der Waals surface area contributed by atoms with Crippen LogP contribution in [0.2, 0.25) is 0 Å². The van der Waals surface area contributed by atoms with E-state index in [1.807, 2.05) is 50.2 Å². The molecule has 25 heavy (non-hydrogen) atoms. The van der Waals surface area contributed by atoms with Crippen LogP contribution in [-0.4, -0.2) is 15.9 Å². The summed E-state index contributed by atoms with van der Waals surface area (Å²) in [6, 6.07) is 13.0. The summed E-state index contributed by atoms with van der Waals surface area (Å²) in [5.41, 5.74) is 2.50. The lowest BCUT2D eigenvalue weighted by Crippen LogP contribution is -2.11. The Labute approximate surface area is 148 Å². The van der Waals surface area contributed by atoms with Crippen molar-refractivity contribution in [3.63, 3.8) is 0 Å². The first-order chi connectivity index (χ1) is 12.1. The Kier molecular flexibility index (Phi) is 3.82. The Morgan fingerprint density at radius 2 is 1.88 bits per heavy atom. The molecule has 3 heterocycles. The third kappa shape index (κ3) is 2.81. The molecule has 0 unspecified atom stereocenters. The number of nitrogens with one attached hydrogen (secondary N) is 1. The van der Waals surface area contributed by atoms with Gasteiger partial charge >= 0.3 is 0 Å². The number of para-hydroxylation sites is 1. The van der Waals surface area contributed by atoms with E-state index < -0.39 is 0 Å². The molecule has 0 saturated carbocycles. The van der Waals surface area contributed by atoms with Gasteiger partial charge in [-0.15, -0.1) is 11.3 Å². The van der Waals surface area contributed by atoms with Crippen LogP contribution in [0.25, 0.3) is 21.8 Å². The quantitative estimate of drug-likeness (QED) is 0.576. The first-order valence-corrected chi connectivity index (χ1v) is 8.63. The maximum atomic E-state index is 12.7. The van der Waals surface area contributed by atoms with Gasteiger partial charge in [0.25, 0.3) is 5.91 Å². The molecule has 0 fully saturated rings. The Morgan fingerprint density at radius 3 is 2.60 bits per heavy atom. The minimum absolute atomic E-state index is 0.134. The Morgan fingerprint density at radius 1 is 1.08 bits per heavy atom. The van der Waals surface area contributed by atoms with E-state index in [1.54, 1.807) is 12.3 Å². The molecule has 0 radical (unpaired) electrons. The molecule has 0 spiro atoms. The van der Waals surface area contributed by atoms with Crippen LogP contribution in [0.3, 0.4) is 0 Å². The van der Waals surface area contributed by atoms with Gasteiger partial charge in [0.1, 0.15) is 4.83 Å². The van der Waals surface area contributed by atoms with Crippen LogP contribution in [0.5, 0.6) is 0 Å². The lowest BCUT2D eigenvalue weighted by molar-refractivity contribution is 0.103. The molecule has 6 heteroatoms. The molecule has 5 nitrogen and oxygen atoms in total. The van der Waals surface area contributed by atoms with E-state index in [2.05, 4.69) is 15.3 Å². The van der Waals surface area contributed by atoms with Gasteiger partial charge in [-0.3, -0.25) is 4.79 Å². The number of rotatable bonds is 3. The van der Waals surface area contributed by atoms with E-state index in [0.29, 0.717) is 16.5 Å². The molecule has 0 bridgehead atoms. The zero-order chi connectivity index (χ0) is 17.4. The van der Waals surface area contributed by atoms with Crippen molar-refractivity contribution in [2.75, 3.05) is 5.32 Å². The summed E-state index contributed by atoms with van der Waals surface area (Å²) in [6.07, 6.45) is 1.59. The van der Waals surface area contributed by atoms with Crippen molar-refractivity contribution in [1.29, 1.82) is 0 Å². The molecular formula is C19H15N3O2S. The first-order valence-electron chi connectivity index (χ1n) is 7.81. The number of carbonyl (C=O) groups is 1. The van der Waals surface area contributed by atoms with E-state index >= 15 is 0 Å². The number of hydrogen-bond donors (Lipinski definition) is 1. The highest BCUT2D eigenvalue weighted by atomic mass is 32.1. The molecule has 124 valence electrons. The summed E-state index contributed by atoms with van der Waals surface area (Å²) in [7, 11) is 0. The van der Waals surface area contributed by atoms with Crippen molar-refractivity contribution in [3.05, 3.63) is 64.9 Å². The number of fused-ring (bicyclic) bond motifs is 1. The third-order valence-electron chi connectivity index (χ3n) is 3.95. The molecule has 0 atom stereocenters. The van der Waals surface area contributed by atoms with Gasteiger partial charge in [-0.05, 0) is 43.7 Å². The Bertz CT molecular complexity index is 1050. The van der Waals surface area contributed by atoms with Crippen LogP contribution < -0.4 is 5.32 Å². The largest absolute Gasteiger partial charge is 0.461 e. The van der Waals surface area contributed by atoms with Gasteiger partial charge in [-0.25, -0.2) is 9.97 Å². The average molecular weight is 349 g/mol. The average Bonchev–Trinajstić information content (AvgIpc) is 3.24. The van der Waals surface area contributed by atoms with E-state index in [9.17, 15) is 4.79 Å². The summed E-state index contributed by atoms with van der Waals surface area (Å²) in [6.45, 7) is 3.86. The highest BCUT2D eigenvalue weighted by molar-refractivity contribution is 7.20. The van der Waals surface area contributed by atoms with Crippen molar-refractivity contribution < 1.29 is 9.21 Å². The number of carbonyl (C=O) groups excluding carboxylic acids is 1. The number of furan rings is 1. The zero-order valence-corrected chi connectivity index (χ0v) is 14.6. The topological polar surface area (TPSA) is 68.0 Å². The van der Waals surface area contributed by atoms with Crippen molar-refractivity contribution in [2.24, 2.45) is 0 Å². The van der Waals surface area contributed by atoms with E-state index in [1.165, 1.54) is 11.3 Å². The van der Waals surface area contributed by atoms with Gasteiger partial charge in [-0.1, -0.05) is 18.2 Å². The van der Waals surface area contributed by atoms with E-state index in [0.717, 1.165) is 27.2 Å². The summed E-state index contributed by atoms with van der Waals surface area (Å²) in [5.74, 6) is 1.02. The summed E-state index contributed by atoms with van der Waals surface area (Å²) < 4.78 is 5.39. The molecule has 0 saturated heterocycles. The van der Waals surface area contributed by atoms with Gasteiger partial charge in [0.2, 0.25) is 0 Å². The first kappa shape index (κ1) is 15.5. The number of benzene rings is 1. The van der Waals surface area contributed by atoms with Crippen molar-refractivity contribution in [3.8, 4) is 11.6 Å². The smallest absolute Gasteiger partial charge is 0.266 e. The lowest BCUT2D eigenvalue weighted by Gasteiger charge is -2.04. The van der Waals surface area contributed by atoms with Crippen LogP contribution in [-0.2, 0) is 0 Å².